The van der Waals surface area contributed by atoms with E-state index in [4.69, 9.17) is 0 Å². The lowest BCUT2D eigenvalue weighted by atomic mass is 9.59. The highest BCUT2D eigenvalue weighted by atomic mass is 15.0. The maximum absolute atomic E-state index is 4.00. The summed E-state index contributed by atoms with van der Waals surface area (Å²) in [4.78, 5) is 0. The van der Waals surface area contributed by atoms with Gasteiger partial charge in [-0.3, -0.25) is 0 Å². The number of benzene rings is 7. The molecule has 48 heavy (non-hydrogen) atoms. The largest absolute Gasteiger partial charge is 0.353 e. The topological polar surface area (TPSA) is 21.9 Å². The summed E-state index contributed by atoms with van der Waals surface area (Å²) in [6.45, 7) is 4.40. The zero-order chi connectivity index (χ0) is 31.9. The molecular formula is C44H31BN3. The van der Waals surface area contributed by atoms with Crippen molar-refractivity contribution < 1.29 is 0 Å². The first-order chi connectivity index (χ1) is 23.7. The van der Waals surface area contributed by atoms with Crippen molar-refractivity contribution in [2.24, 2.45) is 0 Å². The average molecular weight is 613 g/mol. The number of nitrogens with one attached hydrogen (secondary N) is 1. The van der Waals surface area contributed by atoms with Crippen molar-refractivity contribution in [2.75, 3.05) is 5.32 Å². The second-order valence-corrected chi connectivity index (χ2v) is 13.0. The number of hydrogen-bond donors (Lipinski definition) is 1. The SMILES string of the molecule is Cc1cc(-c2ccc3c4ccccc4n(-c4ccccc4)c3c2Nc2ccccc2C)c2c(c1)-n1c3ccccc3c3cccc(c31)[B]2. The number of anilines is 2. The van der Waals surface area contributed by atoms with Gasteiger partial charge in [0.05, 0.1) is 22.2 Å². The maximum Gasteiger partial charge on any atom is 0.197 e. The second-order valence-electron chi connectivity index (χ2n) is 13.0. The minimum Gasteiger partial charge on any atom is -0.353 e. The van der Waals surface area contributed by atoms with Gasteiger partial charge in [-0.1, -0.05) is 115 Å². The quantitative estimate of drug-likeness (QED) is 0.196. The van der Waals surface area contributed by atoms with Gasteiger partial charge in [-0.2, -0.15) is 0 Å². The Morgan fingerprint density at radius 3 is 1.98 bits per heavy atom. The lowest BCUT2D eigenvalue weighted by molar-refractivity contribution is 1.18. The van der Waals surface area contributed by atoms with Crippen molar-refractivity contribution >= 4 is 73.2 Å². The Labute approximate surface area is 279 Å². The van der Waals surface area contributed by atoms with E-state index in [0.29, 0.717) is 0 Å². The molecule has 3 nitrogen and oxygen atoms in total. The molecule has 0 bridgehead atoms. The molecule has 0 unspecified atom stereocenters. The van der Waals surface area contributed by atoms with Crippen LogP contribution in [0.1, 0.15) is 11.1 Å². The highest BCUT2D eigenvalue weighted by molar-refractivity contribution is 6.73. The lowest BCUT2D eigenvalue weighted by Crippen LogP contribution is -2.37. The molecule has 0 saturated heterocycles. The fraction of sp³-hybridized carbons (Fsp3) is 0.0455. The normalized spacial score (nSPS) is 12.1. The smallest absolute Gasteiger partial charge is 0.197 e. The number of aryl methyl sites for hydroxylation is 2. The second kappa shape index (κ2) is 10.3. The first-order valence-electron chi connectivity index (χ1n) is 16.6. The standard InChI is InChI=1S/C44H31BN3/c1-27-25-35(41-40(26-27)48-39-22-11-8-16-30(39)33-18-12-19-36(45-41)43(33)48)32-23-24-34-31-17-7-10-21-38(31)47(29-14-4-3-5-15-29)44(34)42(32)46-37-20-9-6-13-28(37)2/h3-26,46H,1-2H3. The molecule has 0 amide bonds. The van der Waals surface area contributed by atoms with E-state index in [9.17, 15) is 0 Å². The molecular weight excluding hydrogens is 581 g/mol. The predicted octanol–water partition coefficient (Wildman–Crippen LogP) is 9.88. The molecule has 1 N–H and O–H groups in total. The summed E-state index contributed by atoms with van der Waals surface area (Å²) in [5, 5.41) is 9.05. The van der Waals surface area contributed by atoms with Gasteiger partial charge in [0.25, 0.3) is 0 Å². The summed E-state index contributed by atoms with van der Waals surface area (Å²) in [6, 6.07) is 53.0. The van der Waals surface area contributed by atoms with Crippen molar-refractivity contribution in [1.82, 2.24) is 9.13 Å². The zero-order valence-electron chi connectivity index (χ0n) is 26.8. The highest BCUT2D eigenvalue weighted by Crippen LogP contribution is 2.44. The summed E-state index contributed by atoms with van der Waals surface area (Å²) in [5.74, 6) is 0. The molecule has 1 aliphatic rings. The van der Waals surface area contributed by atoms with Crippen LogP contribution in [-0.2, 0) is 0 Å². The Morgan fingerprint density at radius 1 is 0.521 bits per heavy atom. The first-order valence-corrected chi connectivity index (χ1v) is 16.6. The van der Waals surface area contributed by atoms with Gasteiger partial charge < -0.3 is 14.5 Å². The molecule has 3 heterocycles. The third kappa shape index (κ3) is 3.83. The molecule has 4 heteroatoms. The van der Waals surface area contributed by atoms with Crippen molar-refractivity contribution in [3.8, 4) is 22.5 Å². The Kier molecular flexibility index (Phi) is 5.80. The van der Waals surface area contributed by atoms with Crippen molar-refractivity contribution in [3.05, 3.63) is 157 Å². The van der Waals surface area contributed by atoms with E-state index in [1.54, 1.807) is 0 Å². The van der Waals surface area contributed by atoms with E-state index in [1.807, 2.05) is 0 Å². The molecule has 0 atom stereocenters. The number of fused-ring (bicyclic) bond motifs is 8. The number of rotatable bonds is 4. The number of aromatic nitrogens is 2. The van der Waals surface area contributed by atoms with Crippen molar-refractivity contribution in [3.63, 3.8) is 0 Å². The molecule has 10 rings (SSSR count). The van der Waals surface area contributed by atoms with Gasteiger partial charge in [0, 0.05) is 49.7 Å². The van der Waals surface area contributed by atoms with Gasteiger partial charge in [-0.15, -0.1) is 0 Å². The number of nitrogens with zero attached hydrogens (tertiary/aromatic N) is 2. The predicted molar refractivity (Wildman–Crippen MR) is 205 cm³/mol. The van der Waals surface area contributed by atoms with E-state index in [0.717, 1.165) is 17.1 Å². The molecule has 225 valence electrons. The third-order valence-corrected chi connectivity index (χ3v) is 10.1. The fourth-order valence-corrected chi connectivity index (χ4v) is 8.01. The molecule has 7 aromatic carbocycles. The summed E-state index contributed by atoms with van der Waals surface area (Å²) in [6.07, 6.45) is 0. The van der Waals surface area contributed by atoms with Crippen LogP contribution >= 0.6 is 0 Å². The summed E-state index contributed by atoms with van der Waals surface area (Å²) >= 11 is 0. The van der Waals surface area contributed by atoms with E-state index >= 15 is 0 Å². The van der Waals surface area contributed by atoms with Gasteiger partial charge in [0.1, 0.15) is 0 Å². The van der Waals surface area contributed by atoms with Gasteiger partial charge >= 0.3 is 0 Å². The van der Waals surface area contributed by atoms with Gasteiger partial charge in [0.2, 0.25) is 0 Å². The Hall–Kier alpha value is -6.00. The van der Waals surface area contributed by atoms with Crippen molar-refractivity contribution in [2.45, 2.75) is 13.8 Å². The molecule has 0 fully saturated rings. The molecule has 0 aliphatic carbocycles. The fourth-order valence-electron chi connectivity index (χ4n) is 8.01. The molecule has 2 aromatic heterocycles. The van der Waals surface area contributed by atoms with Crippen LogP contribution in [-0.4, -0.2) is 16.4 Å². The highest BCUT2D eigenvalue weighted by Gasteiger charge is 2.27. The molecule has 0 saturated carbocycles. The number of hydrogen-bond acceptors (Lipinski definition) is 1. The zero-order valence-corrected chi connectivity index (χ0v) is 26.8. The number of para-hydroxylation sites is 5. The van der Waals surface area contributed by atoms with Gasteiger partial charge in [-0.05, 0) is 72.4 Å². The van der Waals surface area contributed by atoms with Crippen LogP contribution in [0.4, 0.5) is 11.4 Å². The van der Waals surface area contributed by atoms with E-state index < -0.39 is 0 Å². The summed E-state index contributed by atoms with van der Waals surface area (Å²) < 4.78 is 4.92. The minimum absolute atomic E-state index is 1.10. The summed E-state index contributed by atoms with van der Waals surface area (Å²) in [7, 11) is 2.40. The lowest BCUT2D eigenvalue weighted by Gasteiger charge is -2.26. The summed E-state index contributed by atoms with van der Waals surface area (Å²) in [5.41, 5.74) is 16.7. The van der Waals surface area contributed by atoms with Gasteiger partial charge in [-0.25, -0.2) is 0 Å². The van der Waals surface area contributed by atoms with Gasteiger partial charge in [0.15, 0.2) is 7.28 Å². The Balaban J connectivity index is 1.34. The van der Waals surface area contributed by atoms with Crippen LogP contribution in [0.3, 0.4) is 0 Å². The average Bonchev–Trinajstić information content (AvgIpc) is 3.65. The van der Waals surface area contributed by atoms with E-state index in [1.165, 1.54) is 82.5 Å². The first kappa shape index (κ1) is 27.1. The van der Waals surface area contributed by atoms with Crippen LogP contribution in [0, 0.1) is 13.8 Å². The van der Waals surface area contributed by atoms with Crippen LogP contribution in [0.5, 0.6) is 0 Å². The minimum atomic E-state index is 1.10. The van der Waals surface area contributed by atoms with Crippen LogP contribution in [0.2, 0.25) is 0 Å². The molecule has 0 spiro atoms. The van der Waals surface area contributed by atoms with E-state index in [2.05, 4.69) is 181 Å². The van der Waals surface area contributed by atoms with E-state index in [-0.39, 0.29) is 0 Å². The molecule has 1 radical (unpaired) electrons. The molecule has 9 aromatic rings. The maximum atomic E-state index is 4.00. The van der Waals surface area contributed by atoms with Crippen molar-refractivity contribution in [1.29, 1.82) is 0 Å². The Bertz CT molecular complexity index is 2750. The van der Waals surface area contributed by atoms with Crippen LogP contribution in [0.25, 0.3) is 66.1 Å². The van der Waals surface area contributed by atoms with Crippen LogP contribution in [0.15, 0.2) is 146 Å². The third-order valence-electron chi connectivity index (χ3n) is 10.1. The Morgan fingerprint density at radius 2 is 1.19 bits per heavy atom. The monoisotopic (exact) mass is 612 g/mol. The molecule has 1 aliphatic heterocycles. The van der Waals surface area contributed by atoms with Crippen LogP contribution < -0.4 is 16.2 Å².